The van der Waals surface area contributed by atoms with Crippen molar-refractivity contribution in [2.45, 2.75) is 11.8 Å². The van der Waals surface area contributed by atoms with Gasteiger partial charge in [-0.3, -0.25) is 4.72 Å². The predicted molar refractivity (Wildman–Crippen MR) is 83.5 cm³/mol. The van der Waals surface area contributed by atoms with Gasteiger partial charge in [-0.05, 0) is 42.8 Å². The molecule has 0 aromatic heterocycles. The first-order chi connectivity index (χ1) is 9.29. The molecule has 0 heterocycles. The van der Waals surface area contributed by atoms with Crippen molar-refractivity contribution in [2.24, 2.45) is 0 Å². The van der Waals surface area contributed by atoms with Crippen LogP contribution in [0, 0.1) is 6.92 Å². The Kier molecular flexibility index (Phi) is 4.49. The van der Waals surface area contributed by atoms with Gasteiger partial charge in [0.1, 0.15) is 4.90 Å². The van der Waals surface area contributed by atoms with Crippen LogP contribution in [0.1, 0.15) is 5.56 Å². The van der Waals surface area contributed by atoms with Crippen molar-refractivity contribution in [1.82, 2.24) is 0 Å². The molecule has 0 atom stereocenters. The monoisotopic (exact) mass is 349 g/mol. The molecule has 2 rings (SSSR count). The molecule has 2 aromatic carbocycles. The van der Waals surface area contributed by atoms with Gasteiger partial charge in [-0.2, -0.15) is 0 Å². The minimum atomic E-state index is -3.82. The quantitative estimate of drug-likeness (QED) is 0.867. The summed E-state index contributed by atoms with van der Waals surface area (Å²) in [7, 11) is -3.82. The molecule has 0 fully saturated rings. The molecule has 0 bridgehead atoms. The van der Waals surface area contributed by atoms with Crippen LogP contribution in [0.15, 0.2) is 41.3 Å². The molecule has 0 radical (unpaired) electrons. The lowest BCUT2D eigenvalue weighted by atomic mass is 10.2. The Bertz CT molecular complexity index is 760. The molecular weight excluding hydrogens is 341 g/mol. The molecule has 3 nitrogen and oxygen atoms in total. The first-order valence-corrected chi connectivity index (χ1v) is 8.15. The van der Waals surface area contributed by atoms with Gasteiger partial charge in [-0.1, -0.05) is 40.9 Å². The third-order valence-electron chi connectivity index (χ3n) is 2.61. The summed E-state index contributed by atoms with van der Waals surface area (Å²) >= 11 is 17.7. The van der Waals surface area contributed by atoms with Gasteiger partial charge in [0.15, 0.2) is 0 Å². The highest BCUT2D eigenvalue weighted by atomic mass is 35.5. The summed E-state index contributed by atoms with van der Waals surface area (Å²) in [5, 5.41) is 0.860. The largest absolute Gasteiger partial charge is 0.280 e. The van der Waals surface area contributed by atoms with Crippen LogP contribution in [0.5, 0.6) is 0 Å². The first kappa shape index (κ1) is 15.4. The van der Waals surface area contributed by atoms with Crippen molar-refractivity contribution in [3.8, 4) is 0 Å². The maximum Gasteiger partial charge on any atom is 0.263 e. The van der Waals surface area contributed by atoms with Gasteiger partial charge in [-0.25, -0.2) is 8.42 Å². The molecule has 0 aliphatic heterocycles. The van der Waals surface area contributed by atoms with E-state index in [2.05, 4.69) is 4.72 Å². The smallest absolute Gasteiger partial charge is 0.263 e. The molecule has 0 aliphatic rings. The Morgan fingerprint density at radius 1 is 0.950 bits per heavy atom. The van der Waals surface area contributed by atoms with Crippen LogP contribution < -0.4 is 4.72 Å². The van der Waals surface area contributed by atoms with Gasteiger partial charge in [0.05, 0.1) is 10.7 Å². The standard InChI is InChI=1S/C13H10Cl3NO2S/c1-8-2-4-10(7-12(8)16)17-20(18,19)13-6-9(14)3-5-11(13)15/h2-7,17H,1H3. The van der Waals surface area contributed by atoms with E-state index in [4.69, 9.17) is 34.8 Å². The topological polar surface area (TPSA) is 46.2 Å². The van der Waals surface area contributed by atoms with E-state index in [1.54, 1.807) is 12.1 Å². The van der Waals surface area contributed by atoms with E-state index in [0.717, 1.165) is 5.56 Å². The van der Waals surface area contributed by atoms with Crippen molar-refractivity contribution in [1.29, 1.82) is 0 Å². The van der Waals surface area contributed by atoms with Crippen LogP contribution in [0.4, 0.5) is 5.69 Å². The lowest BCUT2D eigenvalue weighted by Crippen LogP contribution is -2.13. The molecule has 7 heteroatoms. The normalized spacial score (nSPS) is 11.4. The number of benzene rings is 2. The summed E-state index contributed by atoms with van der Waals surface area (Å²) in [6.07, 6.45) is 0. The number of hydrogen-bond donors (Lipinski definition) is 1. The van der Waals surface area contributed by atoms with Gasteiger partial charge < -0.3 is 0 Å². The van der Waals surface area contributed by atoms with E-state index in [9.17, 15) is 8.42 Å². The molecule has 0 saturated heterocycles. The molecule has 20 heavy (non-hydrogen) atoms. The minimum Gasteiger partial charge on any atom is -0.280 e. The molecule has 0 aliphatic carbocycles. The van der Waals surface area contributed by atoms with Crippen molar-refractivity contribution >= 4 is 50.5 Å². The molecule has 0 spiro atoms. The SMILES string of the molecule is Cc1ccc(NS(=O)(=O)c2cc(Cl)ccc2Cl)cc1Cl. The maximum absolute atomic E-state index is 12.3. The van der Waals surface area contributed by atoms with Crippen LogP contribution in [-0.2, 0) is 10.0 Å². The second kappa shape index (κ2) is 5.82. The number of sulfonamides is 1. The average Bonchev–Trinajstić information content (AvgIpc) is 2.36. The summed E-state index contributed by atoms with van der Waals surface area (Å²) < 4.78 is 27.0. The van der Waals surface area contributed by atoms with Gasteiger partial charge in [0.25, 0.3) is 10.0 Å². The zero-order chi connectivity index (χ0) is 14.9. The zero-order valence-electron chi connectivity index (χ0n) is 10.3. The lowest BCUT2D eigenvalue weighted by molar-refractivity contribution is 0.601. The van der Waals surface area contributed by atoms with Crippen molar-refractivity contribution < 1.29 is 8.42 Å². The fraction of sp³-hybridized carbons (Fsp3) is 0.0769. The molecular formula is C13H10Cl3NO2S. The van der Waals surface area contributed by atoms with Crippen LogP contribution >= 0.6 is 34.8 Å². The first-order valence-electron chi connectivity index (χ1n) is 5.53. The summed E-state index contributed by atoms with van der Waals surface area (Å²) in [6, 6.07) is 9.12. The number of nitrogens with one attached hydrogen (secondary N) is 1. The van der Waals surface area contributed by atoms with Gasteiger partial charge in [0.2, 0.25) is 0 Å². The van der Waals surface area contributed by atoms with Crippen LogP contribution in [0.2, 0.25) is 15.1 Å². The average molecular weight is 351 g/mol. The van der Waals surface area contributed by atoms with Gasteiger partial charge in [0, 0.05) is 10.0 Å². The zero-order valence-corrected chi connectivity index (χ0v) is 13.4. The van der Waals surface area contributed by atoms with Crippen molar-refractivity contribution in [2.75, 3.05) is 4.72 Å². The Morgan fingerprint density at radius 2 is 1.65 bits per heavy atom. The van der Waals surface area contributed by atoms with E-state index < -0.39 is 10.0 Å². The van der Waals surface area contributed by atoms with Crippen molar-refractivity contribution in [3.63, 3.8) is 0 Å². The highest BCUT2D eigenvalue weighted by Crippen LogP contribution is 2.28. The number of aryl methyl sites for hydroxylation is 1. The molecule has 1 N–H and O–H groups in total. The Labute approximate surface area is 132 Å². The maximum atomic E-state index is 12.3. The van der Waals surface area contributed by atoms with Crippen molar-refractivity contribution in [3.05, 3.63) is 57.0 Å². The number of halogens is 3. The highest BCUT2D eigenvalue weighted by Gasteiger charge is 2.18. The summed E-state index contributed by atoms with van der Waals surface area (Å²) in [4.78, 5) is -0.0802. The second-order valence-corrected chi connectivity index (χ2v) is 7.05. The van der Waals surface area contributed by atoms with E-state index >= 15 is 0 Å². The predicted octanol–water partition coefficient (Wildman–Crippen LogP) is 4.76. The number of anilines is 1. The third-order valence-corrected chi connectivity index (χ3v) is 5.11. The molecule has 0 amide bonds. The molecule has 106 valence electrons. The fourth-order valence-corrected chi connectivity index (χ4v) is 3.54. The van der Waals surface area contributed by atoms with Crippen LogP contribution in [0.25, 0.3) is 0 Å². The fourth-order valence-electron chi connectivity index (χ4n) is 1.55. The van der Waals surface area contributed by atoms with Crippen LogP contribution in [-0.4, -0.2) is 8.42 Å². The molecule has 0 unspecified atom stereocenters. The third kappa shape index (κ3) is 3.38. The number of hydrogen-bond acceptors (Lipinski definition) is 2. The van der Waals surface area contributed by atoms with Gasteiger partial charge in [-0.15, -0.1) is 0 Å². The number of rotatable bonds is 3. The molecule has 2 aromatic rings. The summed E-state index contributed by atoms with van der Waals surface area (Å²) in [5.41, 5.74) is 1.21. The Hall–Kier alpha value is -0.940. The van der Waals surface area contributed by atoms with Crippen LogP contribution in [0.3, 0.4) is 0 Å². The Balaban J connectivity index is 2.40. The van der Waals surface area contributed by atoms with E-state index in [1.807, 2.05) is 6.92 Å². The minimum absolute atomic E-state index is 0.0802. The van der Waals surface area contributed by atoms with E-state index in [0.29, 0.717) is 10.7 Å². The summed E-state index contributed by atoms with van der Waals surface area (Å²) in [6.45, 7) is 1.83. The van der Waals surface area contributed by atoms with E-state index in [-0.39, 0.29) is 14.9 Å². The van der Waals surface area contributed by atoms with E-state index in [1.165, 1.54) is 24.3 Å². The lowest BCUT2D eigenvalue weighted by Gasteiger charge is -2.10. The highest BCUT2D eigenvalue weighted by molar-refractivity contribution is 7.92. The van der Waals surface area contributed by atoms with Gasteiger partial charge >= 0.3 is 0 Å². The Morgan fingerprint density at radius 3 is 2.30 bits per heavy atom. The second-order valence-electron chi connectivity index (χ2n) is 4.14. The molecule has 0 saturated carbocycles. The summed E-state index contributed by atoms with van der Waals surface area (Å²) in [5.74, 6) is 0.